The van der Waals surface area contributed by atoms with Crippen LogP contribution in [0.25, 0.3) is 5.69 Å². The van der Waals surface area contributed by atoms with E-state index in [1.54, 1.807) is 18.3 Å². The summed E-state index contributed by atoms with van der Waals surface area (Å²) in [6.45, 7) is 1.82. The number of carbonyl (C=O) groups excluding carboxylic acids is 1. The summed E-state index contributed by atoms with van der Waals surface area (Å²) in [5.74, 6) is -0.0270. The first-order valence-electron chi connectivity index (χ1n) is 6.95. The molecule has 3 rings (SSSR count). The number of hydrogen-bond donors (Lipinski definition) is 1. The van der Waals surface area contributed by atoms with E-state index in [1.165, 1.54) is 29.1 Å². The molecule has 0 spiro atoms. The van der Waals surface area contributed by atoms with Crippen molar-refractivity contribution >= 4 is 17.4 Å². The topological polar surface area (TPSA) is 116 Å². The molecular weight excluding hydrogens is 312 g/mol. The maximum atomic E-state index is 12.2. The first-order chi connectivity index (χ1) is 11.5. The predicted octanol–water partition coefficient (Wildman–Crippen LogP) is 2.13. The molecule has 0 bridgehead atoms. The van der Waals surface area contributed by atoms with Crippen molar-refractivity contribution in [1.29, 1.82) is 0 Å². The Morgan fingerprint density at radius 3 is 2.88 bits per heavy atom. The number of rotatable bonds is 4. The number of carbonyl (C=O) groups is 1. The monoisotopic (exact) mass is 324 g/mol. The highest BCUT2D eigenvalue weighted by Crippen LogP contribution is 2.16. The second kappa shape index (κ2) is 6.24. The van der Waals surface area contributed by atoms with E-state index < -0.39 is 10.8 Å². The molecule has 0 radical (unpaired) electrons. The molecule has 1 amide bonds. The van der Waals surface area contributed by atoms with Crippen molar-refractivity contribution < 1.29 is 9.72 Å². The van der Waals surface area contributed by atoms with Gasteiger partial charge >= 0.3 is 0 Å². The minimum atomic E-state index is -0.502. The van der Waals surface area contributed by atoms with Crippen LogP contribution < -0.4 is 5.32 Å². The summed E-state index contributed by atoms with van der Waals surface area (Å²) < 4.78 is 1.30. The van der Waals surface area contributed by atoms with Crippen molar-refractivity contribution in [3.05, 3.63) is 70.2 Å². The number of pyridine rings is 1. The van der Waals surface area contributed by atoms with E-state index in [0.29, 0.717) is 11.5 Å². The average molecular weight is 324 g/mol. The van der Waals surface area contributed by atoms with Gasteiger partial charge in [-0.15, -0.1) is 5.10 Å². The zero-order valence-corrected chi connectivity index (χ0v) is 12.6. The molecule has 9 nitrogen and oxygen atoms in total. The molecule has 0 saturated carbocycles. The smallest absolute Gasteiger partial charge is 0.279 e. The lowest BCUT2D eigenvalue weighted by Gasteiger charge is -2.04. The van der Waals surface area contributed by atoms with Crippen LogP contribution >= 0.6 is 0 Å². The molecule has 0 unspecified atom stereocenters. The van der Waals surface area contributed by atoms with Crippen molar-refractivity contribution in [3.63, 3.8) is 0 Å². The Labute approximate surface area is 136 Å². The highest BCUT2D eigenvalue weighted by Gasteiger charge is 2.14. The van der Waals surface area contributed by atoms with Crippen LogP contribution in [-0.4, -0.2) is 30.8 Å². The van der Waals surface area contributed by atoms with Crippen molar-refractivity contribution in [2.45, 2.75) is 6.92 Å². The van der Waals surface area contributed by atoms with Crippen LogP contribution in [0.2, 0.25) is 0 Å². The summed E-state index contributed by atoms with van der Waals surface area (Å²) in [5.41, 5.74) is 1.26. The molecular formula is C15H12N6O3. The number of nitro groups is 1. The van der Waals surface area contributed by atoms with Gasteiger partial charge < -0.3 is 5.32 Å². The van der Waals surface area contributed by atoms with E-state index >= 15 is 0 Å². The molecule has 0 aliphatic rings. The van der Waals surface area contributed by atoms with Gasteiger partial charge in [0.15, 0.2) is 5.69 Å². The van der Waals surface area contributed by atoms with Crippen molar-refractivity contribution in [3.8, 4) is 5.69 Å². The number of nitro benzene ring substituents is 1. The van der Waals surface area contributed by atoms with Gasteiger partial charge in [0.1, 0.15) is 5.82 Å². The van der Waals surface area contributed by atoms with E-state index in [1.807, 2.05) is 13.0 Å². The Bertz CT molecular complexity index is 921. The van der Waals surface area contributed by atoms with Crippen molar-refractivity contribution in [1.82, 2.24) is 20.0 Å². The zero-order valence-electron chi connectivity index (χ0n) is 12.6. The summed E-state index contributed by atoms with van der Waals surface area (Å²) in [5, 5.41) is 21.1. The number of non-ortho nitro benzene ring substituents is 1. The Kier molecular flexibility index (Phi) is 3.98. The first kappa shape index (κ1) is 15.3. The number of anilines is 1. The van der Waals surface area contributed by atoms with E-state index in [9.17, 15) is 14.9 Å². The zero-order chi connectivity index (χ0) is 17.1. The van der Waals surface area contributed by atoms with Gasteiger partial charge in [0.25, 0.3) is 11.6 Å². The van der Waals surface area contributed by atoms with Gasteiger partial charge in [0.2, 0.25) is 0 Å². The van der Waals surface area contributed by atoms with Gasteiger partial charge in [-0.25, -0.2) is 9.67 Å². The summed E-state index contributed by atoms with van der Waals surface area (Å²) in [7, 11) is 0. The number of aromatic nitrogens is 4. The molecule has 0 aliphatic carbocycles. The average Bonchev–Trinajstić information content (AvgIpc) is 3.07. The number of nitrogens with zero attached hydrogens (tertiary/aromatic N) is 5. The first-order valence-corrected chi connectivity index (χ1v) is 6.95. The quantitative estimate of drug-likeness (QED) is 0.580. The third-order valence-electron chi connectivity index (χ3n) is 3.27. The summed E-state index contributed by atoms with van der Waals surface area (Å²) in [6, 6.07) is 9.47. The largest absolute Gasteiger partial charge is 0.305 e. The number of nitrogens with one attached hydrogen (secondary N) is 1. The van der Waals surface area contributed by atoms with Crippen LogP contribution in [0.5, 0.6) is 0 Å². The highest BCUT2D eigenvalue weighted by atomic mass is 16.6. The summed E-state index contributed by atoms with van der Waals surface area (Å²) >= 11 is 0. The maximum absolute atomic E-state index is 12.2. The van der Waals surface area contributed by atoms with Crippen LogP contribution in [-0.2, 0) is 0 Å². The molecule has 0 fully saturated rings. The van der Waals surface area contributed by atoms with Crippen LogP contribution in [0.4, 0.5) is 11.5 Å². The molecule has 2 aromatic heterocycles. The molecule has 2 heterocycles. The molecule has 120 valence electrons. The highest BCUT2D eigenvalue weighted by molar-refractivity contribution is 6.02. The molecule has 0 atom stereocenters. The fourth-order valence-corrected chi connectivity index (χ4v) is 2.03. The van der Waals surface area contributed by atoms with Crippen molar-refractivity contribution in [2.24, 2.45) is 0 Å². The lowest BCUT2D eigenvalue weighted by atomic mass is 10.3. The van der Waals surface area contributed by atoms with E-state index in [-0.39, 0.29) is 11.4 Å². The van der Waals surface area contributed by atoms with Gasteiger partial charge in [-0.05, 0) is 24.6 Å². The fraction of sp³-hybridized carbons (Fsp3) is 0.0667. The minimum absolute atomic E-state index is 0.0712. The minimum Gasteiger partial charge on any atom is -0.305 e. The van der Waals surface area contributed by atoms with Crippen LogP contribution in [0, 0.1) is 17.0 Å². The second-order valence-corrected chi connectivity index (χ2v) is 4.95. The number of amides is 1. The number of hydrogen-bond acceptors (Lipinski definition) is 6. The third kappa shape index (κ3) is 3.09. The second-order valence-electron chi connectivity index (χ2n) is 4.95. The van der Waals surface area contributed by atoms with Crippen LogP contribution in [0.15, 0.2) is 48.8 Å². The lowest BCUT2D eigenvalue weighted by molar-refractivity contribution is -0.384. The number of aryl methyl sites for hydroxylation is 1. The molecule has 1 N–H and O–H groups in total. The molecule has 0 aliphatic heterocycles. The standard InChI is InChI=1S/C15H12N6O3/c1-10-4-3-7-16-14(10)17-15(22)13-9-20(19-18-13)11-5-2-6-12(8-11)21(23)24/h2-9H,1H3,(H,16,17,22). The fourth-order valence-electron chi connectivity index (χ4n) is 2.03. The molecule has 3 aromatic rings. The van der Waals surface area contributed by atoms with E-state index in [4.69, 9.17) is 0 Å². The van der Waals surface area contributed by atoms with Gasteiger partial charge in [0, 0.05) is 18.3 Å². The van der Waals surface area contributed by atoms with E-state index in [2.05, 4.69) is 20.6 Å². The lowest BCUT2D eigenvalue weighted by Crippen LogP contribution is -2.14. The van der Waals surface area contributed by atoms with Gasteiger partial charge in [-0.1, -0.05) is 17.3 Å². The van der Waals surface area contributed by atoms with Gasteiger partial charge in [-0.2, -0.15) is 0 Å². The molecule has 24 heavy (non-hydrogen) atoms. The van der Waals surface area contributed by atoms with Crippen LogP contribution in [0.1, 0.15) is 16.1 Å². The van der Waals surface area contributed by atoms with E-state index in [0.717, 1.165) is 5.56 Å². The van der Waals surface area contributed by atoms with Crippen LogP contribution in [0.3, 0.4) is 0 Å². The molecule has 1 aromatic carbocycles. The van der Waals surface area contributed by atoms with Gasteiger partial charge in [-0.3, -0.25) is 14.9 Å². The molecule has 9 heteroatoms. The summed E-state index contributed by atoms with van der Waals surface area (Å²) in [4.78, 5) is 26.6. The maximum Gasteiger partial charge on any atom is 0.279 e. The third-order valence-corrected chi connectivity index (χ3v) is 3.27. The predicted molar refractivity (Wildman–Crippen MR) is 84.9 cm³/mol. The Balaban J connectivity index is 1.83. The van der Waals surface area contributed by atoms with Crippen molar-refractivity contribution in [2.75, 3.05) is 5.32 Å². The molecule has 0 saturated heterocycles. The Morgan fingerprint density at radius 1 is 1.29 bits per heavy atom. The summed E-state index contributed by atoms with van der Waals surface area (Å²) in [6.07, 6.45) is 2.97. The number of benzene rings is 1. The Hall–Kier alpha value is -3.62. The Morgan fingerprint density at radius 2 is 2.12 bits per heavy atom. The normalized spacial score (nSPS) is 10.4. The SMILES string of the molecule is Cc1cccnc1NC(=O)c1cn(-c2cccc([N+](=O)[O-])c2)nn1. The van der Waals surface area contributed by atoms with Gasteiger partial charge in [0.05, 0.1) is 16.8 Å².